The molecule has 1 fully saturated rings. The summed E-state index contributed by atoms with van der Waals surface area (Å²) in [6.07, 6.45) is 3.85. The molecule has 148 valence electrons. The number of carbonyl (C=O) groups excluding carboxylic acids is 1. The van der Waals surface area contributed by atoms with Gasteiger partial charge in [-0.2, -0.15) is 0 Å². The van der Waals surface area contributed by atoms with Gasteiger partial charge in [-0.25, -0.2) is 4.98 Å². The van der Waals surface area contributed by atoms with E-state index in [1.807, 2.05) is 6.07 Å². The number of rotatable bonds is 8. The summed E-state index contributed by atoms with van der Waals surface area (Å²) >= 11 is 0. The molecule has 2 aromatic rings. The number of anilines is 1. The van der Waals surface area contributed by atoms with Crippen LogP contribution in [0.1, 0.15) is 45.6 Å². The standard InChI is InChI=1S/C21H32N4O2/c1-4-16(2)25-19-11-6-5-10-18(19)23-21(25)24-13-7-9-17(15-24)20(26)22-12-8-14-27-3/h5-6,10-11,16-17H,4,7-9,12-15H2,1-3H3,(H,22,26). The minimum atomic E-state index is 0.0199. The summed E-state index contributed by atoms with van der Waals surface area (Å²) in [7, 11) is 1.68. The SMILES string of the molecule is CCC(C)n1c(N2CCCC(C(=O)NCCCOC)C2)nc2ccccc21. The highest BCUT2D eigenvalue weighted by Gasteiger charge is 2.29. The quantitative estimate of drug-likeness (QED) is 0.722. The van der Waals surface area contributed by atoms with Gasteiger partial charge >= 0.3 is 0 Å². The van der Waals surface area contributed by atoms with Crippen molar-refractivity contribution in [2.45, 2.75) is 45.6 Å². The molecular weight excluding hydrogens is 340 g/mol. The average molecular weight is 373 g/mol. The summed E-state index contributed by atoms with van der Waals surface area (Å²) in [4.78, 5) is 19.8. The lowest BCUT2D eigenvalue weighted by atomic mass is 9.97. The van der Waals surface area contributed by atoms with Gasteiger partial charge in [-0.15, -0.1) is 0 Å². The first-order chi connectivity index (χ1) is 13.2. The molecule has 1 aliphatic rings. The summed E-state index contributed by atoms with van der Waals surface area (Å²) in [6, 6.07) is 8.69. The van der Waals surface area contributed by atoms with E-state index in [1.165, 1.54) is 5.52 Å². The lowest BCUT2D eigenvalue weighted by molar-refractivity contribution is -0.125. The molecule has 0 spiro atoms. The second-order valence-electron chi connectivity index (χ2n) is 7.45. The van der Waals surface area contributed by atoms with E-state index in [0.717, 1.165) is 50.2 Å². The molecule has 6 nitrogen and oxygen atoms in total. The number of nitrogens with zero attached hydrogens (tertiary/aromatic N) is 3. The highest BCUT2D eigenvalue weighted by atomic mass is 16.5. The van der Waals surface area contributed by atoms with Crippen LogP contribution in [0.4, 0.5) is 5.95 Å². The van der Waals surface area contributed by atoms with Crippen molar-refractivity contribution in [2.75, 3.05) is 38.3 Å². The van der Waals surface area contributed by atoms with Crippen LogP contribution in [-0.2, 0) is 9.53 Å². The van der Waals surface area contributed by atoms with Crippen molar-refractivity contribution < 1.29 is 9.53 Å². The van der Waals surface area contributed by atoms with Gasteiger partial charge in [-0.3, -0.25) is 4.79 Å². The Balaban J connectivity index is 1.77. The number of imidazole rings is 1. The molecule has 1 saturated heterocycles. The van der Waals surface area contributed by atoms with Gasteiger partial charge < -0.3 is 19.5 Å². The first kappa shape index (κ1) is 19.7. The third-order valence-electron chi connectivity index (χ3n) is 5.51. The number of methoxy groups -OCH3 is 1. The Kier molecular flexibility index (Phi) is 6.72. The van der Waals surface area contributed by atoms with Crippen LogP contribution in [0.5, 0.6) is 0 Å². The van der Waals surface area contributed by atoms with E-state index >= 15 is 0 Å². The van der Waals surface area contributed by atoms with Gasteiger partial charge in [0, 0.05) is 39.4 Å². The molecule has 1 aromatic heterocycles. The fraction of sp³-hybridized carbons (Fsp3) is 0.619. The van der Waals surface area contributed by atoms with E-state index in [-0.39, 0.29) is 11.8 Å². The molecule has 0 saturated carbocycles. The fourth-order valence-electron chi connectivity index (χ4n) is 3.82. The van der Waals surface area contributed by atoms with Gasteiger partial charge in [0.2, 0.25) is 11.9 Å². The van der Waals surface area contributed by atoms with Crippen molar-refractivity contribution in [2.24, 2.45) is 5.92 Å². The van der Waals surface area contributed by atoms with Crippen molar-refractivity contribution >= 4 is 22.9 Å². The molecule has 27 heavy (non-hydrogen) atoms. The Morgan fingerprint density at radius 1 is 1.41 bits per heavy atom. The summed E-state index contributed by atoms with van der Waals surface area (Å²) in [5, 5.41) is 3.06. The minimum absolute atomic E-state index is 0.0199. The van der Waals surface area contributed by atoms with E-state index in [9.17, 15) is 4.79 Å². The van der Waals surface area contributed by atoms with Crippen LogP contribution >= 0.6 is 0 Å². The fourth-order valence-corrected chi connectivity index (χ4v) is 3.82. The van der Waals surface area contributed by atoms with Gasteiger partial charge in [-0.05, 0) is 44.7 Å². The van der Waals surface area contributed by atoms with Crippen LogP contribution in [0.2, 0.25) is 0 Å². The van der Waals surface area contributed by atoms with E-state index in [2.05, 4.69) is 46.8 Å². The summed E-state index contributed by atoms with van der Waals surface area (Å²) in [6.45, 7) is 7.48. The summed E-state index contributed by atoms with van der Waals surface area (Å²) in [5.74, 6) is 1.18. The van der Waals surface area contributed by atoms with E-state index in [4.69, 9.17) is 9.72 Å². The summed E-state index contributed by atoms with van der Waals surface area (Å²) < 4.78 is 7.39. The Morgan fingerprint density at radius 3 is 3.00 bits per heavy atom. The van der Waals surface area contributed by atoms with E-state index in [0.29, 0.717) is 19.2 Å². The number of aromatic nitrogens is 2. The molecule has 6 heteroatoms. The lowest BCUT2D eigenvalue weighted by Gasteiger charge is -2.34. The third kappa shape index (κ3) is 4.43. The number of benzene rings is 1. The van der Waals surface area contributed by atoms with E-state index < -0.39 is 0 Å². The topological polar surface area (TPSA) is 59.4 Å². The van der Waals surface area contributed by atoms with Crippen molar-refractivity contribution in [3.05, 3.63) is 24.3 Å². The van der Waals surface area contributed by atoms with Crippen molar-refractivity contribution in [3.63, 3.8) is 0 Å². The van der Waals surface area contributed by atoms with Crippen molar-refractivity contribution in [3.8, 4) is 0 Å². The van der Waals surface area contributed by atoms with Gasteiger partial charge in [0.1, 0.15) is 0 Å². The predicted octanol–water partition coefficient (Wildman–Crippen LogP) is 3.38. The molecule has 2 unspecified atom stereocenters. The number of amides is 1. The molecule has 2 atom stereocenters. The first-order valence-corrected chi connectivity index (χ1v) is 10.1. The largest absolute Gasteiger partial charge is 0.385 e. The van der Waals surface area contributed by atoms with Crippen molar-refractivity contribution in [1.29, 1.82) is 0 Å². The van der Waals surface area contributed by atoms with Gasteiger partial charge in [0.15, 0.2) is 0 Å². The zero-order valence-corrected chi connectivity index (χ0v) is 16.8. The van der Waals surface area contributed by atoms with Crippen LogP contribution in [0, 0.1) is 5.92 Å². The van der Waals surface area contributed by atoms with Crippen LogP contribution in [0.3, 0.4) is 0 Å². The van der Waals surface area contributed by atoms with E-state index in [1.54, 1.807) is 7.11 Å². The first-order valence-electron chi connectivity index (χ1n) is 10.1. The van der Waals surface area contributed by atoms with Gasteiger partial charge in [-0.1, -0.05) is 19.1 Å². The Morgan fingerprint density at radius 2 is 2.22 bits per heavy atom. The molecule has 3 rings (SSSR count). The maximum Gasteiger partial charge on any atom is 0.224 e. The van der Waals surface area contributed by atoms with Crippen LogP contribution in [-0.4, -0.2) is 48.8 Å². The van der Waals surface area contributed by atoms with Crippen LogP contribution in [0.15, 0.2) is 24.3 Å². The molecule has 0 bridgehead atoms. The average Bonchev–Trinajstić information content (AvgIpc) is 3.10. The highest BCUT2D eigenvalue weighted by molar-refractivity contribution is 5.81. The number of ether oxygens (including phenoxy) is 1. The Hall–Kier alpha value is -2.08. The Bertz CT molecular complexity index is 758. The monoisotopic (exact) mass is 372 g/mol. The van der Waals surface area contributed by atoms with Crippen LogP contribution < -0.4 is 10.2 Å². The smallest absolute Gasteiger partial charge is 0.224 e. The number of nitrogens with one attached hydrogen (secondary N) is 1. The Labute approximate surface area is 161 Å². The third-order valence-corrected chi connectivity index (χ3v) is 5.51. The lowest BCUT2D eigenvalue weighted by Crippen LogP contribution is -2.44. The van der Waals surface area contributed by atoms with Gasteiger partial charge in [0.25, 0.3) is 0 Å². The number of hydrogen-bond acceptors (Lipinski definition) is 4. The van der Waals surface area contributed by atoms with Gasteiger partial charge in [0.05, 0.1) is 17.0 Å². The zero-order valence-electron chi connectivity index (χ0n) is 16.8. The molecule has 1 aliphatic heterocycles. The molecule has 1 N–H and O–H groups in total. The number of para-hydroxylation sites is 2. The molecule has 1 amide bonds. The maximum atomic E-state index is 12.6. The second-order valence-corrected chi connectivity index (χ2v) is 7.45. The number of hydrogen-bond donors (Lipinski definition) is 1. The molecule has 1 aromatic carbocycles. The molecular formula is C21H32N4O2. The zero-order chi connectivity index (χ0) is 19.2. The van der Waals surface area contributed by atoms with Crippen molar-refractivity contribution in [1.82, 2.24) is 14.9 Å². The number of piperidine rings is 1. The normalized spacial score (nSPS) is 18.6. The molecule has 0 aliphatic carbocycles. The maximum absolute atomic E-state index is 12.6. The minimum Gasteiger partial charge on any atom is -0.385 e. The highest BCUT2D eigenvalue weighted by Crippen LogP contribution is 2.31. The number of fused-ring (bicyclic) bond motifs is 1. The number of carbonyl (C=O) groups is 1. The second kappa shape index (κ2) is 9.22. The molecule has 2 heterocycles. The molecule has 0 radical (unpaired) electrons. The summed E-state index contributed by atoms with van der Waals surface area (Å²) in [5.41, 5.74) is 2.20. The van der Waals surface area contributed by atoms with Crippen LogP contribution in [0.25, 0.3) is 11.0 Å². The predicted molar refractivity (Wildman–Crippen MR) is 109 cm³/mol.